The van der Waals surface area contributed by atoms with Crippen LogP contribution in [0, 0.1) is 0 Å². The van der Waals surface area contributed by atoms with Gasteiger partial charge in [-0.05, 0) is 21.0 Å². The molecule has 0 fully saturated rings. The van der Waals surface area contributed by atoms with Crippen LogP contribution in [0.5, 0.6) is 0 Å². The van der Waals surface area contributed by atoms with Crippen molar-refractivity contribution in [2.24, 2.45) is 0 Å². The van der Waals surface area contributed by atoms with Crippen molar-refractivity contribution < 1.29 is 51.0 Å². The van der Waals surface area contributed by atoms with Crippen molar-refractivity contribution in [2.75, 3.05) is 0 Å². The Hall–Kier alpha value is -0.833. The zero-order valence-corrected chi connectivity index (χ0v) is 23.9. The second kappa shape index (κ2) is 10.7. The molecule has 0 bridgehead atoms. The van der Waals surface area contributed by atoms with E-state index in [4.69, 9.17) is 0 Å². The van der Waals surface area contributed by atoms with Gasteiger partial charge in [-0.2, -0.15) is 17.4 Å². The van der Waals surface area contributed by atoms with E-state index in [1.54, 1.807) is 4.79 Å². The average molecular weight is 544 g/mol. The van der Waals surface area contributed by atoms with E-state index in [1.807, 2.05) is 0 Å². The van der Waals surface area contributed by atoms with Crippen LogP contribution in [-0.2, 0) is 31.6 Å². The van der Waals surface area contributed by atoms with E-state index in [-0.39, 0.29) is 56.4 Å². The molecule has 0 aromatic heterocycles. The summed E-state index contributed by atoms with van der Waals surface area (Å²) in [6.07, 6.45) is 3.95. The van der Waals surface area contributed by atoms with E-state index in [2.05, 4.69) is 121 Å². The molecule has 3 aromatic carbocycles. The van der Waals surface area contributed by atoms with Gasteiger partial charge in [-0.1, -0.05) is 96.7 Å². The Bertz CT molecular complexity index is 1080. The van der Waals surface area contributed by atoms with Crippen LogP contribution >= 0.6 is 0 Å². The minimum absolute atomic E-state index is 0. The van der Waals surface area contributed by atoms with Crippen molar-refractivity contribution in [1.29, 1.82) is 0 Å². The van der Waals surface area contributed by atoms with E-state index in [1.165, 1.54) is 27.1 Å². The van der Waals surface area contributed by atoms with E-state index in [9.17, 15) is 0 Å². The molecule has 0 saturated heterocycles. The van der Waals surface area contributed by atoms with Crippen LogP contribution in [0.2, 0.25) is 19.6 Å². The molecule has 0 unspecified atom stereocenters. The molecule has 30 heavy (non-hydrogen) atoms. The summed E-state index contributed by atoms with van der Waals surface area (Å²) in [7, 11) is 0.603. The molecule has 151 valence electrons. The van der Waals surface area contributed by atoms with Crippen LogP contribution in [0.25, 0.3) is 11.6 Å². The third kappa shape index (κ3) is 4.66. The van der Waals surface area contributed by atoms with Crippen molar-refractivity contribution >= 4 is 34.4 Å². The van der Waals surface area contributed by atoms with E-state index < -0.39 is 8.07 Å². The van der Waals surface area contributed by atoms with Gasteiger partial charge in [0, 0.05) is 5.41 Å². The summed E-state index contributed by atoms with van der Waals surface area (Å²) in [5.41, 5.74) is 3.70. The Labute approximate surface area is 215 Å². The summed E-state index contributed by atoms with van der Waals surface area (Å²) < 4.78 is 0. The van der Waals surface area contributed by atoms with Gasteiger partial charge in [-0.3, -0.25) is 0 Å². The van der Waals surface area contributed by atoms with Crippen LogP contribution in [0.4, 0.5) is 0 Å². The second-order valence-electron chi connectivity index (χ2n) is 8.26. The Morgan fingerprint density at radius 3 is 1.63 bits per heavy atom. The quantitative estimate of drug-likeness (QED) is 0.246. The zero-order valence-electron chi connectivity index (χ0n) is 17.5. The molecule has 4 rings (SSSR count). The van der Waals surface area contributed by atoms with Gasteiger partial charge in [-0.15, -0.1) is 17.4 Å². The predicted octanol–water partition coefficient (Wildman–Crippen LogP) is -2.82. The summed E-state index contributed by atoms with van der Waals surface area (Å²) in [5.74, 6) is 0. The molecule has 0 spiro atoms. The number of benzene rings is 3. The standard InChI is InChI=1S/C25H25Si2.2ClH.Zr/c1-27(2,3)24(26)23-22-17-11-10-12-19(22)18-25(23,20-13-6-4-7-14-20)21-15-8-5-9-16-21;;;/h4-17H,26H2,1-3H3;2*1H;/q-1;;;+3/p-2. The third-order valence-corrected chi connectivity index (χ3v) is 11.1. The molecule has 0 nitrogen and oxygen atoms in total. The Kier molecular flexibility index (Phi) is 9.66. The molecule has 1 aliphatic carbocycles. The molecule has 5 heteroatoms. The fourth-order valence-electron chi connectivity index (χ4n) is 4.02. The summed E-state index contributed by atoms with van der Waals surface area (Å²) in [4.78, 5) is 1.58. The van der Waals surface area contributed by atoms with Gasteiger partial charge in [0.05, 0.1) is 8.07 Å². The van der Waals surface area contributed by atoms with E-state index >= 15 is 0 Å². The van der Waals surface area contributed by atoms with Crippen LogP contribution in [0.15, 0.2) is 84.9 Å². The molecule has 1 aliphatic rings. The maximum atomic E-state index is 3.95. The van der Waals surface area contributed by atoms with Crippen LogP contribution in [-0.4, -0.2) is 22.7 Å². The number of fused-ring (bicyclic) bond motifs is 1. The first-order valence-electron chi connectivity index (χ1n) is 9.50. The summed E-state index contributed by atoms with van der Waals surface area (Å²) in [6.45, 7) is 7.35. The van der Waals surface area contributed by atoms with Crippen molar-refractivity contribution in [2.45, 2.75) is 25.1 Å². The molecule has 1 radical (unpaired) electrons. The molecule has 0 amide bonds. The largest absolute Gasteiger partial charge is 3.00 e. The fourth-order valence-corrected chi connectivity index (χ4v) is 5.54. The van der Waals surface area contributed by atoms with Crippen molar-refractivity contribution in [1.82, 2.24) is 0 Å². The van der Waals surface area contributed by atoms with Crippen LogP contribution < -0.4 is 35.3 Å². The number of hydrogen-bond donors (Lipinski definition) is 0. The molecule has 0 N–H and O–H groups in total. The summed E-state index contributed by atoms with van der Waals surface area (Å²) >= 11 is 0. The van der Waals surface area contributed by atoms with Gasteiger partial charge in [0.25, 0.3) is 0 Å². The van der Waals surface area contributed by atoms with Gasteiger partial charge in [-0.25, -0.2) is 0 Å². The van der Waals surface area contributed by atoms with Gasteiger partial charge >= 0.3 is 26.2 Å². The smallest absolute Gasteiger partial charge is 1.00 e. The third-order valence-electron chi connectivity index (χ3n) is 5.51. The minimum Gasteiger partial charge on any atom is -1.00 e. The van der Waals surface area contributed by atoms with Gasteiger partial charge < -0.3 is 24.8 Å². The van der Waals surface area contributed by atoms with Crippen LogP contribution in [0.3, 0.4) is 0 Å². The maximum absolute atomic E-state index is 3.95. The normalized spacial score (nSPS) is 13.6. The van der Waals surface area contributed by atoms with E-state index in [0.29, 0.717) is 0 Å². The second-order valence-corrected chi connectivity index (χ2v) is 14.8. The Balaban J connectivity index is 0.00000150. The van der Waals surface area contributed by atoms with Crippen LogP contribution in [0.1, 0.15) is 11.1 Å². The fraction of sp³-hybridized carbons (Fsp3) is 0.160. The van der Waals surface area contributed by atoms with Gasteiger partial charge in [0.1, 0.15) is 0 Å². The Morgan fingerprint density at radius 2 is 1.17 bits per heavy atom. The zero-order chi connectivity index (χ0) is 19.1. The van der Waals surface area contributed by atoms with Crippen molar-refractivity contribution in [3.8, 4) is 0 Å². The predicted molar refractivity (Wildman–Crippen MR) is 123 cm³/mol. The van der Waals surface area contributed by atoms with Gasteiger partial charge in [0.15, 0.2) is 0 Å². The minimum atomic E-state index is -1.50. The monoisotopic (exact) mass is 541 g/mol. The number of hydrogen-bond acceptors (Lipinski definition) is 0. The SMILES string of the molecule is C[Si](C)(C)C(=[SiH2])C1=c2ccccc2=[C-]C1(c1ccccc1)c1ccccc1.[Cl-].[Cl-].[Zr+3]. The maximum Gasteiger partial charge on any atom is 3.00 e. The summed E-state index contributed by atoms with van der Waals surface area (Å²) in [6, 6.07) is 30.6. The first-order valence-corrected chi connectivity index (χ1v) is 13.7. The molecular formula is C25H25Cl2Si2Zr. The first kappa shape index (κ1) is 27.2. The average Bonchev–Trinajstić information content (AvgIpc) is 3.04. The molecule has 0 atom stereocenters. The summed E-state index contributed by atoms with van der Waals surface area (Å²) in [5, 5.41) is 2.57. The number of rotatable bonds is 4. The van der Waals surface area contributed by atoms with E-state index in [0.717, 1.165) is 0 Å². The molecular weight excluding hydrogens is 519 g/mol. The molecule has 0 heterocycles. The van der Waals surface area contributed by atoms with Crippen molar-refractivity contribution in [3.05, 3.63) is 106 Å². The molecule has 3 aromatic rings. The van der Waals surface area contributed by atoms with Gasteiger partial charge in [0.2, 0.25) is 0 Å². The first-order chi connectivity index (χ1) is 12.9. The molecule has 0 saturated carbocycles. The number of halogens is 2. The topological polar surface area (TPSA) is 0 Å². The Morgan fingerprint density at radius 1 is 0.733 bits per heavy atom. The van der Waals surface area contributed by atoms with Crippen molar-refractivity contribution in [3.63, 3.8) is 0 Å². The molecule has 0 aliphatic heterocycles.